The van der Waals surface area contributed by atoms with E-state index >= 15 is 0 Å². The fourth-order valence-corrected chi connectivity index (χ4v) is 2.41. The normalized spacial score (nSPS) is 23.3. The van der Waals surface area contributed by atoms with Crippen molar-refractivity contribution in [3.05, 3.63) is 18.1 Å². The highest BCUT2D eigenvalue weighted by Gasteiger charge is 2.26. The second-order valence-electron chi connectivity index (χ2n) is 6.25. The zero-order valence-electron chi connectivity index (χ0n) is 12.6. The van der Waals surface area contributed by atoms with Crippen molar-refractivity contribution >= 4 is 5.82 Å². The summed E-state index contributed by atoms with van der Waals surface area (Å²) in [5.41, 5.74) is 1.02. The van der Waals surface area contributed by atoms with Gasteiger partial charge < -0.3 is 10.2 Å². The van der Waals surface area contributed by atoms with Crippen molar-refractivity contribution in [1.29, 1.82) is 0 Å². The molecule has 1 fully saturated rings. The first-order valence-electron chi connectivity index (χ1n) is 7.33. The predicted molar refractivity (Wildman–Crippen MR) is 79.1 cm³/mol. The highest BCUT2D eigenvalue weighted by atomic mass is 15.2. The molecular weight excluding hydrogens is 236 g/mol. The molecule has 2 atom stereocenters. The second kappa shape index (κ2) is 6.33. The van der Waals surface area contributed by atoms with Crippen LogP contribution in [0.4, 0.5) is 5.82 Å². The minimum atomic E-state index is 0.666. The lowest BCUT2D eigenvalue weighted by Crippen LogP contribution is -2.22. The van der Waals surface area contributed by atoms with Crippen molar-refractivity contribution in [3.8, 4) is 0 Å². The third-order valence-electron chi connectivity index (χ3n) is 3.86. The Morgan fingerprint density at radius 1 is 1.21 bits per heavy atom. The Kier molecular flexibility index (Phi) is 4.75. The van der Waals surface area contributed by atoms with Gasteiger partial charge in [0.25, 0.3) is 0 Å². The van der Waals surface area contributed by atoms with Crippen LogP contribution in [0.2, 0.25) is 0 Å². The SMILES string of the molecule is CC(C)CNCc1cnc(N2CC(C)C(C)C2)cn1. The van der Waals surface area contributed by atoms with E-state index in [1.165, 1.54) is 0 Å². The summed E-state index contributed by atoms with van der Waals surface area (Å²) in [5, 5.41) is 3.39. The van der Waals surface area contributed by atoms with Crippen LogP contribution < -0.4 is 10.2 Å². The van der Waals surface area contributed by atoms with Crippen LogP contribution >= 0.6 is 0 Å². The van der Waals surface area contributed by atoms with E-state index < -0.39 is 0 Å². The molecule has 1 aromatic heterocycles. The Morgan fingerprint density at radius 3 is 2.42 bits per heavy atom. The van der Waals surface area contributed by atoms with Gasteiger partial charge in [0.15, 0.2) is 0 Å². The summed E-state index contributed by atoms with van der Waals surface area (Å²) in [4.78, 5) is 11.4. The monoisotopic (exact) mass is 262 g/mol. The van der Waals surface area contributed by atoms with Gasteiger partial charge >= 0.3 is 0 Å². The number of nitrogens with zero attached hydrogens (tertiary/aromatic N) is 3. The van der Waals surface area contributed by atoms with E-state index in [2.05, 4.69) is 47.9 Å². The van der Waals surface area contributed by atoms with Crippen molar-refractivity contribution in [2.24, 2.45) is 17.8 Å². The molecule has 0 aromatic carbocycles. The lowest BCUT2D eigenvalue weighted by Gasteiger charge is -2.16. The predicted octanol–water partition coefficient (Wildman–Crippen LogP) is 2.31. The summed E-state index contributed by atoms with van der Waals surface area (Å²) in [6.07, 6.45) is 3.81. The van der Waals surface area contributed by atoms with Crippen molar-refractivity contribution < 1.29 is 0 Å². The summed E-state index contributed by atoms with van der Waals surface area (Å²) < 4.78 is 0. The quantitative estimate of drug-likeness (QED) is 0.884. The van der Waals surface area contributed by atoms with Crippen LogP contribution in [0.5, 0.6) is 0 Å². The number of hydrogen-bond acceptors (Lipinski definition) is 4. The Bertz CT molecular complexity index is 378. The number of anilines is 1. The average molecular weight is 262 g/mol. The van der Waals surface area contributed by atoms with E-state index in [1.54, 1.807) is 0 Å². The number of aromatic nitrogens is 2. The molecule has 0 aliphatic carbocycles. The molecule has 4 nitrogen and oxygen atoms in total. The molecule has 106 valence electrons. The van der Waals surface area contributed by atoms with Gasteiger partial charge in [-0.15, -0.1) is 0 Å². The standard InChI is InChI=1S/C15H26N4/c1-11(2)5-16-6-14-7-18-15(8-17-14)19-9-12(3)13(4)10-19/h7-8,11-13,16H,5-6,9-10H2,1-4H3. The van der Waals surface area contributed by atoms with Gasteiger partial charge in [-0.05, 0) is 24.3 Å². The second-order valence-corrected chi connectivity index (χ2v) is 6.25. The number of hydrogen-bond donors (Lipinski definition) is 1. The minimum absolute atomic E-state index is 0.666. The van der Waals surface area contributed by atoms with Crippen molar-refractivity contribution in [2.45, 2.75) is 34.2 Å². The summed E-state index contributed by atoms with van der Waals surface area (Å²) in [6.45, 7) is 13.0. The van der Waals surface area contributed by atoms with Crippen LogP contribution in [0.1, 0.15) is 33.4 Å². The molecule has 0 bridgehead atoms. The maximum Gasteiger partial charge on any atom is 0.147 e. The van der Waals surface area contributed by atoms with Crippen molar-refractivity contribution in [2.75, 3.05) is 24.5 Å². The molecule has 4 heteroatoms. The van der Waals surface area contributed by atoms with Gasteiger partial charge in [0.05, 0.1) is 18.1 Å². The molecule has 0 amide bonds. The summed E-state index contributed by atoms with van der Waals surface area (Å²) in [5.74, 6) is 3.17. The third kappa shape index (κ3) is 3.90. The molecule has 2 heterocycles. The number of rotatable bonds is 5. The maximum atomic E-state index is 4.55. The molecule has 2 rings (SSSR count). The Balaban J connectivity index is 1.88. The van der Waals surface area contributed by atoms with Crippen LogP contribution in [-0.4, -0.2) is 29.6 Å². The molecule has 0 spiro atoms. The van der Waals surface area contributed by atoms with Gasteiger partial charge in [0, 0.05) is 19.6 Å². The van der Waals surface area contributed by atoms with E-state index in [0.29, 0.717) is 5.92 Å². The molecule has 0 radical (unpaired) electrons. The number of nitrogens with one attached hydrogen (secondary N) is 1. The largest absolute Gasteiger partial charge is 0.355 e. The minimum Gasteiger partial charge on any atom is -0.355 e. The smallest absolute Gasteiger partial charge is 0.147 e. The molecular formula is C15H26N4. The maximum absolute atomic E-state index is 4.55. The molecule has 1 aromatic rings. The lowest BCUT2D eigenvalue weighted by molar-refractivity contribution is 0.494. The highest BCUT2D eigenvalue weighted by Crippen LogP contribution is 2.25. The van der Waals surface area contributed by atoms with E-state index in [4.69, 9.17) is 0 Å². The first-order valence-corrected chi connectivity index (χ1v) is 7.33. The molecule has 1 aliphatic heterocycles. The van der Waals surface area contributed by atoms with E-state index in [1.807, 2.05) is 12.4 Å². The molecule has 2 unspecified atom stereocenters. The fourth-order valence-electron chi connectivity index (χ4n) is 2.41. The molecule has 0 saturated carbocycles. The summed E-state index contributed by atoms with van der Waals surface area (Å²) >= 11 is 0. The van der Waals surface area contributed by atoms with Gasteiger partial charge in [-0.25, -0.2) is 4.98 Å². The van der Waals surface area contributed by atoms with Crippen LogP contribution in [0.25, 0.3) is 0 Å². The highest BCUT2D eigenvalue weighted by molar-refractivity contribution is 5.37. The first-order chi connectivity index (χ1) is 9.06. The topological polar surface area (TPSA) is 41.1 Å². The van der Waals surface area contributed by atoms with Crippen LogP contribution in [-0.2, 0) is 6.54 Å². The fraction of sp³-hybridized carbons (Fsp3) is 0.733. The van der Waals surface area contributed by atoms with Gasteiger partial charge in [0.1, 0.15) is 5.82 Å². The average Bonchev–Trinajstić information content (AvgIpc) is 2.70. The lowest BCUT2D eigenvalue weighted by atomic mass is 10.0. The van der Waals surface area contributed by atoms with Gasteiger partial charge in [-0.1, -0.05) is 27.7 Å². The zero-order chi connectivity index (χ0) is 13.8. The van der Waals surface area contributed by atoms with Crippen LogP contribution in [0.3, 0.4) is 0 Å². The Hall–Kier alpha value is -1.16. The van der Waals surface area contributed by atoms with Gasteiger partial charge in [0.2, 0.25) is 0 Å². The molecule has 1 aliphatic rings. The van der Waals surface area contributed by atoms with Crippen molar-refractivity contribution in [1.82, 2.24) is 15.3 Å². The summed E-state index contributed by atoms with van der Waals surface area (Å²) in [6, 6.07) is 0. The molecule has 1 N–H and O–H groups in total. The molecule has 19 heavy (non-hydrogen) atoms. The van der Waals surface area contributed by atoms with Crippen LogP contribution in [0, 0.1) is 17.8 Å². The zero-order valence-corrected chi connectivity index (χ0v) is 12.6. The van der Waals surface area contributed by atoms with E-state index in [0.717, 1.165) is 49.5 Å². The first kappa shape index (κ1) is 14.3. The molecule has 1 saturated heterocycles. The Labute approximate surface area is 116 Å². The third-order valence-corrected chi connectivity index (χ3v) is 3.86. The van der Waals surface area contributed by atoms with Gasteiger partial charge in [-0.3, -0.25) is 4.98 Å². The Morgan fingerprint density at radius 2 is 1.89 bits per heavy atom. The summed E-state index contributed by atoms with van der Waals surface area (Å²) in [7, 11) is 0. The van der Waals surface area contributed by atoms with Crippen LogP contribution in [0.15, 0.2) is 12.4 Å². The van der Waals surface area contributed by atoms with E-state index in [9.17, 15) is 0 Å². The van der Waals surface area contributed by atoms with Gasteiger partial charge in [-0.2, -0.15) is 0 Å². The van der Waals surface area contributed by atoms with E-state index in [-0.39, 0.29) is 0 Å². The van der Waals surface area contributed by atoms with Crippen molar-refractivity contribution in [3.63, 3.8) is 0 Å².